The number of primary amides is 1. The topological polar surface area (TPSA) is 97.3 Å². The summed E-state index contributed by atoms with van der Waals surface area (Å²) in [4.78, 5) is 18.0. The van der Waals surface area contributed by atoms with Crippen molar-refractivity contribution in [2.45, 2.75) is 38.8 Å². The molecule has 1 saturated carbocycles. The van der Waals surface area contributed by atoms with Gasteiger partial charge in [-0.25, -0.2) is 9.37 Å². The Morgan fingerprint density at radius 3 is 2.69 bits per heavy atom. The molecule has 0 radical (unpaired) electrons. The molecule has 1 aliphatic rings. The lowest BCUT2D eigenvalue weighted by molar-refractivity contribution is 0.100. The zero-order valence-corrected chi connectivity index (χ0v) is 15.1. The number of anilines is 3. The van der Waals surface area contributed by atoms with E-state index in [-0.39, 0.29) is 17.2 Å². The second kappa shape index (κ2) is 6.92. The number of nitrogens with zero attached hydrogens (tertiary/aromatic N) is 2. The van der Waals surface area contributed by atoms with Gasteiger partial charge >= 0.3 is 0 Å². The molecule has 5 N–H and O–H groups in total. The average Bonchev–Trinajstić information content (AvgIpc) is 3.32. The molecule has 1 aromatic carbocycles. The van der Waals surface area contributed by atoms with Crippen LogP contribution in [0.1, 0.15) is 42.1 Å². The fraction of sp³-hybridized carbons (Fsp3) is 0.368. The minimum absolute atomic E-state index is 0.00562. The zero-order chi connectivity index (χ0) is 18.9. The van der Waals surface area contributed by atoms with Gasteiger partial charge in [-0.05, 0) is 49.9 Å². The third kappa shape index (κ3) is 3.62. The summed E-state index contributed by atoms with van der Waals surface area (Å²) >= 11 is 0. The van der Waals surface area contributed by atoms with Crippen LogP contribution in [0.2, 0.25) is 0 Å². The van der Waals surface area contributed by atoms with Gasteiger partial charge in [0.1, 0.15) is 5.82 Å². The largest absolute Gasteiger partial charge is 0.365 e. The molecule has 1 fully saturated rings. The van der Waals surface area contributed by atoms with Crippen molar-refractivity contribution in [1.29, 1.82) is 0 Å². The highest BCUT2D eigenvalue weighted by molar-refractivity contribution is 5.98. The van der Waals surface area contributed by atoms with Crippen molar-refractivity contribution in [3.63, 3.8) is 0 Å². The number of hydrogen-bond acceptors (Lipinski definition) is 5. The number of pyridine rings is 1. The molecule has 2 aromatic rings. The Labute approximate surface area is 152 Å². The molecule has 0 bridgehead atoms. The molecule has 1 aromatic heterocycles. The number of nitrogens with one attached hydrogen (secondary N) is 1. The number of halogens is 1. The summed E-state index contributed by atoms with van der Waals surface area (Å²) in [5.41, 5.74) is 13.0. The SMILES string of the molecule is CCCN(c1nc(Nc2cccc(C)c2)c(C(N)=O)cc1F)C1(N)CC1. The first-order chi connectivity index (χ1) is 12.3. The van der Waals surface area contributed by atoms with Crippen molar-refractivity contribution in [1.82, 2.24) is 4.98 Å². The van der Waals surface area contributed by atoms with E-state index in [1.54, 1.807) is 4.90 Å². The number of nitrogens with two attached hydrogens (primary N) is 2. The van der Waals surface area contributed by atoms with Crippen molar-refractivity contribution in [3.8, 4) is 0 Å². The number of aryl methyl sites for hydroxylation is 1. The van der Waals surface area contributed by atoms with Gasteiger partial charge in [0, 0.05) is 12.2 Å². The van der Waals surface area contributed by atoms with Crippen LogP contribution in [0.5, 0.6) is 0 Å². The lowest BCUT2D eigenvalue weighted by Crippen LogP contribution is -2.46. The smallest absolute Gasteiger partial charge is 0.252 e. The van der Waals surface area contributed by atoms with Crippen molar-refractivity contribution in [2.75, 3.05) is 16.8 Å². The Kier molecular flexibility index (Phi) is 4.82. The van der Waals surface area contributed by atoms with E-state index >= 15 is 0 Å². The van der Waals surface area contributed by atoms with Gasteiger partial charge in [-0.1, -0.05) is 19.1 Å². The van der Waals surface area contributed by atoms with Crippen molar-refractivity contribution in [2.24, 2.45) is 11.5 Å². The number of carbonyl (C=O) groups is 1. The molecular weight excluding hydrogens is 333 g/mol. The van der Waals surface area contributed by atoms with Gasteiger partial charge in [0.05, 0.1) is 11.2 Å². The maximum Gasteiger partial charge on any atom is 0.252 e. The predicted molar refractivity (Wildman–Crippen MR) is 101 cm³/mol. The van der Waals surface area contributed by atoms with Crippen LogP contribution in [-0.4, -0.2) is 23.1 Å². The Morgan fingerprint density at radius 1 is 1.38 bits per heavy atom. The van der Waals surface area contributed by atoms with Crippen LogP contribution in [0.25, 0.3) is 0 Å². The van der Waals surface area contributed by atoms with E-state index in [1.807, 2.05) is 38.1 Å². The van der Waals surface area contributed by atoms with E-state index < -0.39 is 17.4 Å². The summed E-state index contributed by atoms with van der Waals surface area (Å²) < 4.78 is 14.7. The van der Waals surface area contributed by atoms with Crippen LogP contribution in [0.3, 0.4) is 0 Å². The van der Waals surface area contributed by atoms with Gasteiger partial charge in [-0.15, -0.1) is 0 Å². The molecule has 0 aliphatic heterocycles. The second-order valence-electron chi connectivity index (χ2n) is 6.80. The average molecular weight is 357 g/mol. The molecule has 138 valence electrons. The lowest BCUT2D eigenvalue weighted by Gasteiger charge is -2.30. The Hall–Kier alpha value is -2.67. The van der Waals surface area contributed by atoms with E-state index in [4.69, 9.17) is 11.5 Å². The zero-order valence-electron chi connectivity index (χ0n) is 15.1. The van der Waals surface area contributed by atoms with Crippen LogP contribution in [-0.2, 0) is 0 Å². The number of aromatic nitrogens is 1. The Morgan fingerprint density at radius 2 is 2.12 bits per heavy atom. The summed E-state index contributed by atoms with van der Waals surface area (Å²) in [6.07, 6.45) is 2.37. The quantitative estimate of drug-likeness (QED) is 0.662. The summed E-state index contributed by atoms with van der Waals surface area (Å²) in [7, 11) is 0. The number of benzene rings is 1. The molecule has 0 spiro atoms. The molecule has 1 amide bonds. The van der Waals surface area contributed by atoms with E-state index in [0.29, 0.717) is 6.54 Å². The van der Waals surface area contributed by atoms with Gasteiger partial charge in [0.15, 0.2) is 11.6 Å². The molecule has 7 heteroatoms. The van der Waals surface area contributed by atoms with Gasteiger partial charge in [0.25, 0.3) is 5.91 Å². The molecule has 1 aliphatic carbocycles. The van der Waals surface area contributed by atoms with Crippen LogP contribution in [0.15, 0.2) is 30.3 Å². The first kappa shape index (κ1) is 18.1. The first-order valence-electron chi connectivity index (χ1n) is 8.74. The fourth-order valence-electron chi connectivity index (χ4n) is 2.97. The standard InChI is InChI=1S/C19H24FN5O/c1-3-9-25(19(22)7-8-19)18-15(20)11-14(16(21)26)17(24-18)23-13-6-4-5-12(2)10-13/h4-6,10-11H,3,7-9,22H2,1-2H3,(H2,21,26)(H,23,24). The summed E-state index contributed by atoms with van der Waals surface area (Å²) in [6, 6.07) is 8.73. The molecule has 0 unspecified atom stereocenters. The van der Waals surface area contributed by atoms with E-state index in [1.165, 1.54) is 0 Å². The summed E-state index contributed by atoms with van der Waals surface area (Å²) in [5, 5.41) is 3.09. The molecular formula is C19H24FN5O. The third-order valence-corrected chi connectivity index (χ3v) is 4.51. The van der Waals surface area contributed by atoms with Gasteiger partial charge in [0.2, 0.25) is 0 Å². The molecule has 6 nitrogen and oxygen atoms in total. The molecule has 1 heterocycles. The van der Waals surface area contributed by atoms with Crippen LogP contribution < -0.4 is 21.7 Å². The molecule has 0 saturated heterocycles. The van der Waals surface area contributed by atoms with Crippen LogP contribution >= 0.6 is 0 Å². The Bertz CT molecular complexity index is 835. The minimum atomic E-state index is -0.742. The van der Waals surface area contributed by atoms with Crippen molar-refractivity contribution >= 4 is 23.2 Å². The minimum Gasteiger partial charge on any atom is -0.365 e. The first-order valence-corrected chi connectivity index (χ1v) is 8.74. The molecule has 0 atom stereocenters. The predicted octanol–water partition coefficient (Wildman–Crippen LogP) is 3.04. The van der Waals surface area contributed by atoms with Gasteiger partial charge in [-0.3, -0.25) is 4.79 Å². The van der Waals surface area contributed by atoms with E-state index in [2.05, 4.69) is 10.3 Å². The number of carbonyl (C=O) groups excluding carboxylic acids is 1. The van der Waals surface area contributed by atoms with Crippen LogP contribution in [0, 0.1) is 12.7 Å². The maximum atomic E-state index is 14.7. The second-order valence-corrected chi connectivity index (χ2v) is 6.80. The van der Waals surface area contributed by atoms with Gasteiger partial charge in [-0.2, -0.15) is 0 Å². The number of amides is 1. The number of rotatable bonds is 7. The highest BCUT2D eigenvalue weighted by atomic mass is 19.1. The number of hydrogen-bond donors (Lipinski definition) is 3. The molecule has 26 heavy (non-hydrogen) atoms. The fourth-order valence-corrected chi connectivity index (χ4v) is 2.97. The normalized spacial score (nSPS) is 14.8. The highest BCUT2D eigenvalue weighted by Gasteiger charge is 2.45. The summed E-state index contributed by atoms with van der Waals surface area (Å²) in [5.74, 6) is -0.968. The monoisotopic (exact) mass is 357 g/mol. The Balaban J connectivity index is 2.05. The molecule has 3 rings (SSSR count). The van der Waals surface area contributed by atoms with Crippen molar-refractivity contribution < 1.29 is 9.18 Å². The third-order valence-electron chi connectivity index (χ3n) is 4.51. The highest BCUT2D eigenvalue weighted by Crippen LogP contribution is 2.40. The maximum absolute atomic E-state index is 14.7. The lowest BCUT2D eigenvalue weighted by atomic mass is 10.2. The summed E-state index contributed by atoms with van der Waals surface area (Å²) in [6.45, 7) is 4.54. The van der Waals surface area contributed by atoms with Crippen molar-refractivity contribution in [3.05, 3.63) is 47.3 Å². The van der Waals surface area contributed by atoms with E-state index in [9.17, 15) is 9.18 Å². The van der Waals surface area contributed by atoms with Crippen LogP contribution in [0.4, 0.5) is 21.7 Å². The van der Waals surface area contributed by atoms with Gasteiger partial charge < -0.3 is 21.7 Å². The van der Waals surface area contributed by atoms with E-state index in [0.717, 1.165) is 36.6 Å².